The Morgan fingerprint density at radius 1 is 1.11 bits per heavy atom. The summed E-state index contributed by atoms with van der Waals surface area (Å²) < 4.78 is 6.04. The molecule has 0 saturated carbocycles. The molecule has 0 aliphatic carbocycles. The van der Waals surface area contributed by atoms with E-state index in [0.29, 0.717) is 5.75 Å². The van der Waals surface area contributed by atoms with Crippen LogP contribution in [-0.4, -0.2) is 23.8 Å². The minimum Gasteiger partial charge on any atom is -0.491 e. The number of benzene rings is 2. The molecule has 0 aromatic heterocycles. The van der Waals surface area contributed by atoms with Crippen LogP contribution in [0.3, 0.4) is 0 Å². The average Bonchev–Trinajstić information content (AvgIpc) is 2.65. The van der Waals surface area contributed by atoms with Gasteiger partial charge in [-0.3, -0.25) is 0 Å². The zero-order chi connectivity index (χ0) is 20.9. The van der Waals surface area contributed by atoms with E-state index in [4.69, 9.17) is 4.74 Å². The molecule has 0 radical (unpaired) electrons. The van der Waals surface area contributed by atoms with Gasteiger partial charge in [0.15, 0.2) is 0 Å². The quantitative estimate of drug-likeness (QED) is 0.614. The van der Waals surface area contributed by atoms with E-state index in [1.165, 1.54) is 0 Å². The molecule has 4 heteroatoms. The van der Waals surface area contributed by atoms with Crippen molar-refractivity contribution in [2.75, 3.05) is 6.61 Å². The first-order valence-electron chi connectivity index (χ1n) is 9.26. The highest BCUT2D eigenvalue weighted by Crippen LogP contribution is 2.31. The number of carbonyl (C=O) groups is 1. The third-order valence-corrected chi connectivity index (χ3v) is 5.02. The number of ether oxygens (including phenoxy) is 1. The van der Waals surface area contributed by atoms with Crippen molar-refractivity contribution in [3.05, 3.63) is 78.4 Å². The summed E-state index contributed by atoms with van der Waals surface area (Å²) in [6.45, 7) is 16.1. The third-order valence-electron chi connectivity index (χ3n) is 5.02. The molecule has 0 aliphatic heterocycles. The standard InChI is InChI=1S/C24H29NO3/c1-16(2)18-10-9-11-19(14-18)24(5,6)22(25-23(26)27)15-28-21-13-8-7-12-20(21)17(3)4/h7-14,22,25H,1,3,15H2,2,4-6H3,(H,26,27). The summed E-state index contributed by atoms with van der Waals surface area (Å²) in [4.78, 5) is 11.5. The summed E-state index contributed by atoms with van der Waals surface area (Å²) in [5.74, 6) is 0.693. The molecule has 148 valence electrons. The first-order chi connectivity index (χ1) is 13.1. The molecule has 2 aromatic rings. The highest BCUT2D eigenvalue weighted by atomic mass is 16.5. The first-order valence-corrected chi connectivity index (χ1v) is 9.26. The van der Waals surface area contributed by atoms with Crippen molar-refractivity contribution in [2.24, 2.45) is 0 Å². The number of amides is 1. The summed E-state index contributed by atoms with van der Waals surface area (Å²) in [6, 6.07) is 15.2. The lowest BCUT2D eigenvalue weighted by Crippen LogP contribution is -2.50. The maximum absolute atomic E-state index is 11.5. The maximum Gasteiger partial charge on any atom is 0.405 e. The number of nitrogens with one attached hydrogen (secondary N) is 1. The normalized spacial score (nSPS) is 12.1. The van der Waals surface area contributed by atoms with E-state index in [1.54, 1.807) is 0 Å². The molecule has 0 aliphatic rings. The van der Waals surface area contributed by atoms with Gasteiger partial charge in [-0.15, -0.1) is 0 Å². The van der Waals surface area contributed by atoms with Gasteiger partial charge in [-0.05, 0) is 36.6 Å². The molecular formula is C24H29NO3. The zero-order valence-corrected chi connectivity index (χ0v) is 17.1. The van der Waals surface area contributed by atoms with Crippen molar-refractivity contribution < 1.29 is 14.6 Å². The Morgan fingerprint density at radius 3 is 2.39 bits per heavy atom. The second kappa shape index (κ2) is 8.79. The van der Waals surface area contributed by atoms with Gasteiger partial charge >= 0.3 is 6.09 Å². The van der Waals surface area contributed by atoms with Gasteiger partial charge in [0.05, 0.1) is 6.04 Å². The smallest absolute Gasteiger partial charge is 0.405 e. The highest BCUT2D eigenvalue weighted by molar-refractivity contribution is 5.67. The van der Waals surface area contributed by atoms with E-state index in [1.807, 2.05) is 70.2 Å². The summed E-state index contributed by atoms with van der Waals surface area (Å²) in [5, 5.41) is 12.0. The fraction of sp³-hybridized carbons (Fsp3) is 0.292. The molecule has 0 fully saturated rings. The maximum atomic E-state index is 11.5. The van der Waals surface area contributed by atoms with Crippen molar-refractivity contribution in [3.63, 3.8) is 0 Å². The fourth-order valence-corrected chi connectivity index (χ4v) is 3.08. The molecule has 1 atom stereocenters. The number of rotatable bonds is 8. The van der Waals surface area contributed by atoms with Crippen LogP contribution in [-0.2, 0) is 5.41 Å². The van der Waals surface area contributed by atoms with Crippen LogP contribution in [0.2, 0.25) is 0 Å². The highest BCUT2D eigenvalue weighted by Gasteiger charge is 2.33. The molecule has 1 unspecified atom stereocenters. The van der Waals surface area contributed by atoms with Crippen molar-refractivity contribution in [3.8, 4) is 5.75 Å². The van der Waals surface area contributed by atoms with E-state index in [9.17, 15) is 9.90 Å². The van der Waals surface area contributed by atoms with Gasteiger partial charge in [0.25, 0.3) is 0 Å². The SMILES string of the molecule is C=C(C)c1cccc(C(C)(C)C(COc2ccccc2C(=C)C)NC(=O)O)c1. The topological polar surface area (TPSA) is 58.6 Å². The Bertz CT molecular complexity index is 883. The van der Waals surface area contributed by atoms with E-state index >= 15 is 0 Å². The summed E-state index contributed by atoms with van der Waals surface area (Å²) in [7, 11) is 0. The van der Waals surface area contributed by atoms with E-state index in [2.05, 4.69) is 24.5 Å². The second-order valence-corrected chi connectivity index (χ2v) is 7.67. The first kappa shape index (κ1) is 21.3. The van der Waals surface area contributed by atoms with Crippen molar-refractivity contribution in [1.29, 1.82) is 0 Å². The Kier molecular flexibility index (Phi) is 6.68. The molecule has 2 aromatic carbocycles. The van der Waals surface area contributed by atoms with E-state index in [-0.39, 0.29) is 6.61 Å². The predicted molar refractivity (Wildman–Crippen MR) is 116 cm³/mol. The molecule has 0 heterocycles. The Balaban J connectivity index is 2.32. The molecule has 0 bridgehead atoms. The summed E-state index contributed by atoms with van der Waals surface area (Å²) in [5.41, 5.74) is 4.33. The van der Waals surface area contributed by atoms with Crippen molar-refractivity contribution in [2.45, 2.75) is 39.2 Å². The van der Waals surface area contributed by atoms with Crippen LogP contribution >= 0.6 is 0 Å². The molecule has 0 spiro atoms. The number of allylic oxidation sites excluding steroid dienone is 2. The molecule has 2 N–H and O–H groups in total. The Hall–Kier alpha value is -3.01. The van der Waals surface area contributed by atoms with Gasteiger partial charge in [-0.1, -0.05) is 75.0 Å². The van der Waals surface area contributed by atoms with Crippen LogP contribution in [0, 0.1) is 0 Å². The number of hydrogen-bond acceptors (Lipinski definition) is 2. The molecule has 0 saturated heterocycles. The Morgan fingerprint density at radius 2 is 1.79 bits per heavy atom. The van der Waals surface area contributed by atoms with Crippen molar-refractivity contribution in [1.82, 2.24) is 5.32 Å². The summed E-state index contributed by atoms with van der Waals surface area (Å²) >= 11 is 0. The number of para-hydroxylation sites is 1. The summed E-state index contributed by atoms with van der Waals surface area (Å²) in [6.07, 6.45) is -1.08. The molecule has 2 rings (SSSR count). The van der Waals surface area contributed by atoms with Crippen LogP contribution in [0.15, 0.2) is 61.7 Å². The fourth-order valence-electron chi connectivity index (χ4n) is 3.08. The van der Waals surface area contributed by atoms with Crippen LogP contribution < -0.4 is 10.1 Å². The number of carboxylic acid groups (broad SMARTS) is 1. The molecule has 4 nitrogen and oxygen atoms in total. The molecule has 28 heavy (non-hydrogen) atoms. The van der Waals surface area contributed by atoms with Gasteiger partial charge in [0, 0.05) is 11.0 Å². The predicted octanol–water partition coefficient (Wildman–Crippen LogP) is 5.75. The van der Waals surface area contributed by atoms with Crippen LogP contribution in [0.25, 0.3) is 11.1 Å². The number of hydrogen-bond donors (Lipinski definition) is 2. The van der Waals surface area contributed by atoms with Gasteiger partial charge < -0.3 is 15.2 Å². The minimum atomic E-state index is -1.08. The monoisotopic (exact) mass is 379 g/mol. The van der Waals surface area contributed by atoms with Crippen LogP contribution in [0.4, 0.5) is 4.79 Å². The van der Waals surface area contributed by atoms with Gasteiger partial charge in [0.2, 0.25) is 0 Å². The minimum absolute atomic E-state index is 0.195. The zero-order valence-electron chi connectivity index (χ0n) is 17.1. The largest absolute Gasteiger partial charge is 0.491 e. The van der Waals surface area contributed by atoms with E-state index in [0.717, 1.165) is 27.8 Å². The van der Waals surface area contributed by atoms with Gasteiger partial charge in [-0.25, -0.2) is 4.79 Å². The lowest BCUT2D eigenvalue weighted by Gasteiger charge is -2.35. The average molecular weight is 380 g/mol. The third kappa shape index (κ3) is 5.03. The Labute approximate surface area is 167 Å². The van der Waals surface area contributed by atoms with Crippen LogP contribution in [0.5, 0.6) is 5.75 Å². The van der Waals surface area contributed by atoms with Crippen LogP contribution in [0.1, 0.15) is 44.4 Å². The second-order valence-electron chi connectivity index (χ2n) is 7.67. The molecular weight excluding hydrogens is 350 g/mol. The van der Waals surface area contributed by atoms with Gasteiger partial charge in [0.1, 0.15) is 12.4 Å². The van der Waals surface area contributed by atoms with E-state index < -0.39 is 17.6 Å². The van der Waals surface area contributed by atoms with Crippen molar-refractivity contribution >= 4 is 17.2 Å². The molecule has 1 amide bonds. The lowest BCUT2D eigenvalue weighted by molar-refractivity contribution is 0.164. The van der Waals surface area contributed by atoms with Gasteiger partial charge in [-0.2, -0.15) is 0 Å². The lowest BCUT2D eigenvalue weighted by atomic mass is 9.77.